The summed E-state index contributed by atoms with van der Waals surface area (Å²) in [5.74, 6) is 3.61. The van der Waals surface area contributed by atoms with Crippen molar-refractivity contribution < 1.29 is 9.53 Å². The lowest BCUT2D eigenvalue weighted by Crippen LogP contribution is -2.70. The summed E-state index contributed by atoms with van der Waals surface area (Å²) >= 11 is 0. The van der Waals surface area contributed by atoms with Gasteiger partial charge < -0.3 is 10.1 Å². The first-order valence-electron chi connectivity index (χ1n) is 11.7. The van der Waals surface area contributed by atoms with E-state index in [1.165, 1.54) is 24.0 Å². The molecular weight excluding hydrogens is 358 g/mol. The number of carbonyl (C=O) groups excluding carboxylic acids is 1. The van der Waals surface area contributed by atoms with E-state index < -0.39 is 0 Å². The molecule has 0 bridgehead atoms. The van der Waals surface area contributed by atoms with E-state index in [0.29, 0.717) is 30.2 Å². The maximum Gasteiger partial charge on any atom is 0.252 e. The summed E-state index contributed by atoms with van der Waals surface area (Å²) in [5, 5.41) is 3.04. The van der Waals surface area contributed by atoms with E-state index in [1.807, 2.05) is 0 Å². The molecule has 2 aliphatic heterocycles. The zero-order valence-corrected chi connectivity index (χ0v) is 19.2. The van der Waals surface area contributed by atoms with Gasteiger partial charge in [0.1, 0.15) is 11.4 Å². The van der Waals surface area contributed by atoms with Crippen molar-refractivity contribution in [3.63, 3.8) is 0 Å². The standard InChI is InChI=1S/C26H37NO2/c1-14-10-18-20(13-27-23(18)28)22-19(14)12-25(7)16(3)8-9-21-24(5,6)17(4)15(2)11-26(21,25)29-22/h10,15-17,21H,8-9,11-13H2,1-7H3,(H,27,28)/t15?,16-,17?,21?,25+,26?/m0/s1. The molecular formula is C26H37NO2. The molecule has 2 heterocycles. The second-order valence-corrected chi connectivity index (χ2v) is 11.6. The first-order chi connectivity index (χ1) is 13.5. The second-order valence-electron chi connectivity index (χ2n) is 11.6. The number of hydrogen-bond acceptors (Lipinski definition) is 2. The smallest absolute Gasteiger partial charge is 0.252 e. The molecule has 1 N–H and O–H groups in total. The van der Waals surface area contributed by atoms with Gasteiger partial charge in [-0.1, -0.05) is 41.5 Å². The van der Waals surface area contributed by atoms with Gasteiger partial charge >= 0.3 is 0 Å². The van der Waals surface area contributed by atoms with E-state index in [2.05, 4.69) is 59.8 Å². The lowest BCUT2D eigenvalue weighted by atomic mass is 9.41. The summed E-state index contributed by atoms with van der Waals surface area (Å²) in [5.41, 5.74) is 4.75. The first kappa shape index (κ1) is 19.5. The third-order valence-electron chi connectivity index (χ3n) is 10.3. The summed E-state index contributed by atoms with van der Waals surface area (Å²) < 4.78 is 7.34. The van der Waals surface area contributed by atoms with Gasteiger partial charge in [-0.15, -0.1) is 0 Å². The quantitative estimate of drug-likeness (QED) is 0.615. The fourth-order valence-electron chi connectivity index (χ4n) is 7.80. The molecule has 2 fully saturated rings. The molecule has 0 saturated heterocycles. The maximum atomic E-state index is 12.4. The van der Waals surface area contributed by atoms with Gasteiger partial charge in [0.15, 0.2) is 0 Å². The van der Waals surface area contributed by atoms with E-state index in [-0.39, 0.29) is 22.3 Å². The zero-order chi connectivity index (χ0) is 20.9. The average molecular weight is 396 g/mol. The Balaban J connectivity index is 1.75. The number of fused-ring (bicyclic) bond motifs is 3. The van der Waals surface area contributed by atoms with Gasteiger partial charge in [0.25, 0.3) is 5.91 Å². The normalized spacial score (nSPS) is 42.1. The van der Waals surface area contributed by atoms with Crippen LogP contribution in [0.1, 0.15) is 87.9 Å². The zero-order valence-electron chi connectivity index (χ0n) is 19.2. The molecule has 1 spiro atoms. The molecule has 0 radical (unpaired) electrons. The molecule has 1 aromatic rings. The van der Waals surface area contributed by atoms with Crippen molar-refractivity contribution in [2.45, 2.75) is 86.3 Å². The number of nitrogens with one attached hydrogen (secondary N) is 1. The monoisotopic (exact) mass is 395 g/mol. The van der Waals surface area contributed by atoms with Crippen molar-refractivity contribution >= 4 is 5.91 Å². The number of benzene rings is 1. The average Bonchev–Trinajstić information content (AvgIpc) is 3.01. The van der Waals surface area contributed by atoms with Gasteiger partial charge in [-0.25, -0.2) is 0 Å². The lowest BCUT2D eigenvalue weighted by Gasteiger charge is -2.68. The van der Waals surface area contributed by atoms with Crippen LogP contribution in [0.3, 0.4) is 0 Å². The van der Waals surface area contributed by atoms with Crippen LogP contribution in [-0.2, 0) is 13.0 Å². The number of hydrogen-bond donors (Lipinski definition) is 1. The molecule has 3 heteroatoms. The third-order valence-corrected chi connectivity index (χ3v) is 10.3. The van der Waals surface area contributed by atoms with Crippen LogP contribution in [0.25, 0.3) is 0 Å². The van der Waals surface area contributed by atoms with E-state index >= 15 is 0 Å². The summed E-state index contributed by atoms with van der Waals surface area (Å²) in [4.78, 5) is 12.4. The summed E-state index contributed by atoms with van der Waals surface area (Å²) in [6, 6.07) is 2.10. The number of rotatable bonds is 0. The van der Waals surface area contributed by atoms with E-state index in [1.54, 1.807) is 0 Å². The SMILES string of the molecule is Cc1cc2c(c3c1C[C@]1(C)[C@@H](C)CCC4C(C)(C)C(C)C(C)CC41O3)CNC2=O. The van der Waals surface area contributed by atoms with Gasteiger partial charge in [-0.3, -0.25) is 4.79 Å². The Labute approximate surface area is 176 Å². The van der Waals surface area contributed by atoms with Crippen molar-refractivity contribution in [2.24, 2.45) is 34.5 Å². The van der Waals surface area contributed by atoms with Gasteiger partial charge in [0, 0.05) is 29.0 Å². The topological polar surface area (TPSA) is 38.3 Å². The van der Waals surface area contributed by atoms with E-state index in [9.17, 15) is 4.79 Å². The highest BCUT2D eigenvalue weighted by Gasteiger charge is 2.68. The highest BCUT2D eigenvalue weighted by atomic mass is 16.5. The number of amides is 1. The molecule has 0 aromatic heterocycles. The highest BCUT2D eigenvalue weighted by molar-refractivity contribution is 5.99. The Hall–Kier alpha value is -1.51. The fourth-order valence-corrected chi connectivity index (χ4v) is 7.80. The van der Waals surface area contributed by atoms with Gasteiger partial charge in [0.05, 0.1) is 0 Å². The minimum atomic E-state index is -0.139. The minimum absolute atomic E-state index is 0.0554. The van der Waals surface area contributed by atoms with Crippen molar-refractivity contribution in [3.05, 3.63) is 28.3 Å². The van der Waals surface area contributed by atoms with Crippen molar-refractivity contribution in [1.29, 1.82) is 0 Å². The Bertz CT molecular complexity index is 902. The van der Waals surface area contributed by atoms with Crippen LogP contribution >= 0.6 is 0 Å². The van der Waals surface area contributed by atoms with E-state index in [0.717, 1.165) is 29.7 Å². The fraction of sp³-hybridized carbons (Fsp3) is 0.731. The molecule has 1 amide bonds. The predicted octanol–water partition coefficient (Wildman–Crippen LogP) is 5.67. The van der Waals surface area contributed by atoms with Crippen molar-refractivity contribution in [2.75, 3.05) is 0 Å². The Kier molecular flexibility index (Phi) is 3.89. The second kappa shape index (κ2) is 5.80. The number of carbonyl (C=O) groups is 1. The van der Waals surface area contributed by atoms with Gasteiger partial charge in [0.2, 0.25) is 0 Å². The number of ether oxygens (including phenoxy) is 1. The molecule has 5 rings (SSSR count). The predicted molar refractivity (Wildman–Crippen MR) is 116 cm³/mol. The molecule has 4 unspecified atom stereocenters. The molecule has 2 saturated carbocycles. The largest absolute Gasteiger partial charge is 0.486 e. The third kappa shape index (κ3) is 2.23. The van der Waals surface area contributed by atoms with Crippen LogP contribution in [0.4, 0.5) is 0 Å². The minimum Gasteiger partial charge on any atom is -0.486 e. The number of aryl methyl sites for hydroxylation is 1. The Morgan fingerprint density at radius 3 is 2.55 bits per heavy atom. The maximum absolute atomic E-state index is 12.4. The van der Waals surface area contributed by atoms with Crippen molar-refractivity contribution in [3.8, 4) is 5.75 Å². The van der Waals surface area contributed by atoms with Crippen LogP contribution in [0.2, 0.25) is 0 Å². The highest BCUT2D eigenvalue weighted by Crippen LogP contribution is 2.68. The van der Waals surface area contributed by atoms with Gasteiger partial charge in [-0.2, -0.15) is 0 Å². The molecule has 6 atom stereocenters. The first-order valence-corrected chi connectivity index (χ1v) is 11.7. The summed E-state index contributed by atoms with van der Waals surface area (Å²) in [6.07, 6.45) is 4.74. The van der Waals surface area contributed by atoms with Crippen LogP contribution in [-0.4, -0.2) is 11.5 Å². The van der Waals surface area contributed by atoms with E-state index in [4.69, 9.17) is 4.74 Å². The van der Waals surface area contributed by atoms with Gasteiger partial charge in [-0.05, 0) is 73.0 Å². The van der Waals surface area contributed by atoms with Crippen LogP contribution < -0.4 is 10.1 Å². The Morgan fingerprint density at radius 2 is 1.83 bits per heavy atom. The molecule has 158 valence electrons. The van der Waals surface area contributed by atoms with Crippen LogP contribution in [0, 0.1) is 41.4 Å². The van der Waals surface area contributed by atoms with Crippen molar-refractivity contribution in [1.82, 2.24) is 5.32 Å². The molecule has 4 aliphatic rings. The molecule has 3 nitrogen and oxygen atoms in total. The van der Waals surface area contributed by atoms with Crippen LogP contribution in [0.5, 0.6) is 5.75 Å². The van der Waals surface area contributed by atoms with Crippen LogP contribution in [0.15, 0.2) is 6.07 Å². The Morgan fingerprint density at radius 1 is 1.10 bits per heavy atom. The summed E-state index contributed by atoms with van der Waals surface area (Å²) in [7, 11) is 0. The summed E-state index contributed by atoms with van der Waals surface area (Å²) in [6.45, 7) is 17.6. The molecule has 29 heavy (non-hydrogen) atoms. The molecule has 2 aliphatic carbocycles. The lowest BCUT2D eigenvalue weighted by molar-refractivity contribution is -0.234. The molecule has 1 aromatic carbocycles.